The van der Waals surface area contributed by atoms with Gasteiger partial charge in [0.1, 0.15) is 4.32 Å². The number of carbonyl (C=O) groups excluding carboxylic acids is 1. The molecule has 1 heterocycles. The van der Waals surface area contributed by atoms with Crippen LogP contribution in [-0.4, -0.2) is 27.4 Å². The van der Waals surface area contributed by atoms with Crippen LogP contribution in [0.1, 0.15) is 21.5 Å². The molecule has 0 atom stereocenters. The monoisotopic (exact) mass is 271 g/mol. The lowest BCUT2D eigenvalue weighted by atomic mass is 10.1. The van der Waals surface area contributed by atoms with Crippen molar-refractivity contribution >= 4 is 34.2 Å². The summed E-state index contributed by atoms with van der Waals surface area (Å²) >= 11 is 6.63. The molecule has 1 amide bonds. The van der Waals surface area contributed by atoms with Crippen LogP contribution in [0.4, 0.5) is 0 Å². The molecule has 0 spiro atoms. The predicted octanol–water partition coefficient (Wildman–Crippen LogP) is 2.12. The molecule has 0 radical (unpaired) electrons. The van der Waals surface area contributed by atoms with Crippen molar-refractivity contribution in [1.82, 2.24) is 4.90 Å². The largest absolute Gasteiger partial charge is 0.293 e. The first kappa shape index (κ1) is 12.7. The van der Waals surface area contributed by atoms with Gasteiger partial charge in [0.05, 0.1) is 0 Å². The molecule has 0 unspecified atom stereocenters. The average molecular weight is 271 g/mol. The number of rotatable bonds is 1. The molecule has 1 aromatic rings. The Morgan fingerprint density at radius 1 is 1.28 bits per heavy atom. The molecular weight excluding hydrogens is 262 g/mol. The minimum Gasteiger partial charge on any atom is -0.293 e. The van der Waals surface area contributed by atoms with Gasteiger partial charge in [-0.1, -0.05) is 35.8 Å². The van der Waals surface area contributed by atoms with Crippen molar-refractivity contribution in [3.63, 3.8) is 0 Å². The minimum atomic E-state index is -0.140. The summed E-state index contributed by atoms with van der Waals surface area (Å²) in [6.07, 6.45) is 10.7. The number of thioether (sulfide) groups is 1. The second kappa shape index (κ2) is 5.27. The Kier molecular flexibility index (Phi) is 3.72. The van der Waals surface area contributed by atoms with E-state index in [0.717, 1.165) is 5.75 Å². The van der Waals surface area contributed by atoms with Gasteiger partial charge in [0.15, 0.2) is 0 Å². The van der Waals surface area contributed by atoms with Gasteiger partial charge in [-0.2, -0.15) is 0 Å². The number of thiocarbonyl (C=S) groups is 1. The lowest BCUT2D eigenvalue weighted by molar-refractivity contribution is 0.0861. The Hall–Kier alpha value is -1.75. The summed E-state index contributed by atoms with van der Waals surface area (Å²) < 4.78 is 0.605. The molecule has 0 aromatic heterocycles. The standard InChI is InChI=1S/C14H9NOS2/c1-3-10-7-11(4-2)9-12(8-10)13(16)15-5-6-18-14(15)17/h1-2,7-9H,5-6H2. The summed E-state index contributed by atoms with van der Waals surface area (Å²) in [4.78, 5) is 13.9. The molecule has 1 aliphatic rings. The number of amides is 1. The molecule has 0 bridgehead atoms. The van der Waals surface area contributed by atoms with Crippen molar-refractivity contribution in [3.8, 4) is 24.7 Å². The fourth-order valence-corrected chi connectivity index (χ4v) is 2.85. The molecule has 88 valence electrons. The quantitative estimate of drug-likeness (QED) is 0.576. The first-order valence-electron chi connectivity index (χ1n) is 5.22. The highest BCUT2D eigenvalue weighted by molar-refractivity contribution is 8.23. The first-order chi connectivity index (χ1) is 8.65. The Balaban J connectivity index is 2.39. The number of nitrogens with zero attached hydrogens (tertiary/aromatic N) is 1. The van der Waals surface area contributed by atoms with Crippen LogP contribution in [0.5, 0.6) is 0 Å². The smallest absolute Gasteiger partial charge is 0.259 e. The SMILES string of the molecule is C#Cc1cc(C#C)cc(C(=O)N2CCSC2=S)c1. The van der Waals surface area contributed by atoms with Crippen LogP contribution in [-0.2, 0) is 0 Å². The van der Waals surface area contributed by atoms with Crippen molar-refractivity contribution in [3.05, 3.63) is 34.9 Å². The molecule has 4 heteroatoms. The van der Waals surface area contributed by atoms with Gasteiger partial charge in [0.2, 0.25) is 0 Å². The summed E-state index contributed by atoms with van der Waals surface area (Å²) in [5.41, 5.74) is 1.70. The molecule has 1 saturated heterocycles. The molecule has 0 N–H and O–H groups in total. The summed E-state index contributed by atoms with van der Waals surface area (Å²) in [5.74, 6) is 5.68. The Morgan fingerprint density at radius 2 is 1.89 bits per heavy atom. The van der Waals surface area contributed by atoms with Crippen molar-refractivity contribution in [2.24, 2.45) is 0 Å². The van der Waals surface area contributed by atoms with E-state index in [1.807, 2.05) is 0 Å². The molecule has 2 rings (SSSR count). The third-order valence-corrected chi connectivity index (χ3v) is 3.95. The highest BCUT2D eigenvalue weighted by atomic mass is 32.2. The van der Waals surface area contributed by atoms with Gasteiger partial charge in [0.25, 0.3) is 5.91 Å². The summed E-state index contributed by atoms with van der Waals surface area (Å²) in [7, 11) is 0. The van der Waals surface area contributed by atoms with Crippen LogP contribution >= 0.6 is 24.0 Å². The van der Waals surface area contributed by atoms with Crippen LogP contribution in [0.2, 0.25) is 0 Å². The molecule has 1 aromatic carbocycles. The zero-order chi connectivity index (χ0) is 13.1. The van der Waals surface area contributed by atoms with Gasteiger partial charge < -0.3 is 0 Å². The Labute approximate surface area is 116 Å². The Morgan fingerprint density at radius 3 is 2.33 bits per heavy atom. The Bertz CT molecular complexity index is 575. The number of benzene rings is 1. The molecular formula is C14H9NOS2. The number of carbonyl (C=O) groups is 1. The average Bonchev–Trinajstić information content (AvgIpc) is 2.83. The maximum absolute atomic E-state index is 12.3. The summed E-state index contributed by atoms with van der Waals surface area (Å²) in [6.45, 7) is 0.633. The third kappa shape index (κ3) is 2.41. The van der Waals surface area contributed by atoms with Crippen LogP contribution < -0.4 is 0 Å². The van der Waals surface area contributed by atoms with E-state index in [9.17, 15) is 4.79 Å². The van der Waals surface area contributed by atoms with Crippen molar-refractivity contribution in [1.29, 1.82) is 0 Å². The fourth-order valence-electron chi connectivity index (χ4n) is 1.65. The van der Waals surface area contributed by atoms with Crippen molar-refractivity contribution in [2.75, 3.05) is 12.3 Å². The summed E-state index contributed by atoms with van der Waals surface area (Å²) in [6, 6.07) is 5.03. The molecule has 1 fully saturated rings. The van der Waals surface area contributed by atoms with Crippen LogP contribution in [0, 0.1) is 24.7 Å². The predicted molar refractivity (Wildman–Crippen MR) is 78.4 cm³/mol. The van der Waals surface area contributed by atoms with Crippen LogP contribution in [0.15, 0.2) is 18.2 Å². The number of hydrogen-bond donors (Lipinski definition) is 0. The van der Waals surface area contributed by atoms with Gasteiger partial charge in [-0.05, 0) is 18.2 Å². The van der Waals surface area contributed by atoms with Crippen LogP contribution in [0.3, 0.4) is 0 Å². The van der Waals surface area contributed by atoms with Gasteiger partial charge in [0, 0.05) is 29.0 Å². The molecule has 1 aliphatic heterocycles. The van der Waals surface area contributed by atoms with E-state index in [2.05, 4.69) is 11.8 Å². The highest BCUT2D eigenvalue weighted by Gasteiger charge is 2.25. The number of terminal acetylenes is 2. The van der Waals surface area contributed by atoms with Gasteiger partial charge >= 0.3 is 0 Å². The molecule has 0 aliphatic carbocycles. The normalized spacial score (nSPS) is 14.1. The van der Waals surface area contributed by atoms with Crippen LogP contribution in [0.25, 0.3) is 0 Å². The fraction of sp³-hybridized carbons (Fsp3) is 0.143. The lowest BCUT2D eigenvalue weighted by Crippen LogP contribution is -2.30. The van der Waals surface area contributed by atoms with Crippen molar-refractivity contribution < 1.29 is 4.79 Å². The maximum Gasteiger partial charge on any atom is 0.259 e. The van der Waals surface area contributed by atoms with Gasteiger partial charge in [-0.15, -0.1) is 12.8 Å². The molecule has 0 saturated carbocycles. The first-order valence-corrected chi connectivity index (χ1v) is 6.62. The highest BCUT2D eigenvalue weighted by Crippen LogP contribution is 2.21. The van der Waals surface area contributed by atoms with E-state index >= 15 is 0 Å². The third-order valence-electron chi connectivity index (χ3n) is 2.52. The zero-order valence-electron chi connectivity index (χ0n) is 9.47. The van der Waals surface area contributed by atoms with E-state index in [0.29, 0.717) is 27.6 Å². The number of hydrogen-bond acceptors (Lipinski definition) is 3. The van der Waals surface area contributed by atoms with E-state index in [-0.39, 0.29) is 5.91 Å². The second-order valence-electron chi connectivity index (χ2n) is 3.66. The molecule has 2 nitrogen and oxygen atoms in total. The maximum atomic E-state index is 12.3. The van der Waals surface area contributed by atoms with Crippen molar-refractivity contribution in [2.45, 2.75) is 0 Å². The van der Waals surface area contributed by atoms with Gasteiger partial charge in [-0.3, -0.25) is 9.69 Å². The minimum absolute atomic E-state index is 0.140. The van der Waals surface area contributed by atoms with E-state index in [1.54, 1.807) is 23.1 Å². The topological polar surface area (TPSA) is 20.3 Å². The lowest BCUT2D eigenvalue weighted by Gasteiger charge is -2.15. The summed E-state index contributed by atoms with van der Waals surface area (Å²) in [5, 5.41) is 0. The second-order valence-corrected chi connectivity index (χ2v) is 5.39. The van der Waals surface area contributed by atoms with E-state index < -0.39 is 0 Å². The van der Waals surface area contributed by atoms with Gasteiger partial charge in [-0.25, -0.2) is 0 Å². The zero-order valence-corrected chi connectivity index (χ0v) is 11.1. The molecule has 18 heavy (non-hydrogen) atoms. The van der Waals surface area contributed by atoms with E-state index in [4.69, 9.17) is 25.1 Å². The van der Waals surface area contributed by atoms with E-state index in [1.165, 1.54) is 11.8 Å².